The van der Waals surface area contributed by atoms with Crippen LogP contribution in [0.2, 0.25) is 0 Å². The summed E-state index contributed by atoms with van der Waals surface area (Å²) in [6.07, 6.45) is 49.6. The van der Waals surface area contributed by atoms with E-state index in [4.69, 9.17) is 9.47 Å². The van der Waals surface area contributed by atoms with Crippen molar-refractivity contribution in [3.05, 3.63) is 0 Å². The smallest absolute Gasteiger partial charge is 0.305 e. The number of esters is 2. The van der Waals surface area contributed by atoms with Crippen molar-refractivity contribution in [2.24, 2.45) is 11.8 Å². The molecule has 0 bridgehead atoms. The molecule has 1 fully saturated rings. The van der Waals surface area contributed by atoms with Crippen LogP contribution in [0.5, 0.6) is 0 Å². The maximum absolute atomic E-state index is 13.0. The highest BCUT2D eigenvalue weighted by Gasteiger charge is 2.16. The van der Waals surface area contributed by atoms with Gasteiger partial charge in [-0.3, -0.25) is 9.59 Å². The Balaban J connectivity index is 2.55. The summed E-state index contributed by atoms with van der Waals surface area (Å²) in [7, 11) is 2.23. The number of hydrogen-bond acceptors (Lipinski definition) is 7. The summed E-state index contributed by atoms with van der Waals surface area (Å²) in [5, 5.41) is 0. The molecule has 1 rings (SSSR count). The van der Waals surface area contributed by atoms with E-state index in [1.165, 1.54) is 251 Å². The van der Waals surface area contributed by atoms with Gasteiger partial charge in [-0.25, -0.2) is 0 Å². The summed E-state index contributed by atoms with van der Waals surface area (Å²) in [5.41, 5.74) is 0. The number of ether oxygens (including phenoxy) is 2. The van der Waals surface area contributed by atoms with Crippen molar-refractivity contribution in [2.75, 3.05) is 72.6 Å². The van der Waals surface area contributed by atoms with E-state index in [1.54, 1.807) is 0 Å². The topological polar surface area (TPSA) is 62.3 Å². The van der Waals surface area contributed by atoms with Gasteiger partial charge in [0, 0.05) is 39.0 Å². The molecule has 0 aromatic heterocycles. The largest absolute Gasteiger partial charge is 0.465 e. The van der Waals surface area contributed by atoms with Crippen LogP contribution in [0.25, 0.3) is 0 Å². The van der Waals surface area contributed by atoms with Crippen LogP contribution in [0.15, 0.2) is 0 Å². The standard InChI is InChI=1S/C59H117N3O4/c1-6-10-14-18-22-24-28-32-42-56(40-30-26-20-16-12-8-3)54-65-58(63)44-34-36-46-61(48-38-39-49-62-52-50-60(5)51-53-62)47-37-35-45-59(64)66-55-57(41-31-27-21-17-13-9-4)43-33-29-25-23-19-15-11-7-2/h56-57H,6-55H2,1-5H3. The summed E-state index contributed by atoms with van der Waals surface area (Å²) in [6, 6.07) is 0. The number of carbonyl (C=O) groups excluding carboxylic acids is 2. The number of hydrogen-bond donors (Lipinski definition) is 0. The molecule has 0 aromatic carbocycles. The first kappa shape index (κ1) is 62.8. The molecule has 0 amide bonds. The van der Waals surface area contributed by atoms with Crippen molar-refractivity contribution in [2.45, 2.75) is 285 Å². The number of likely N-dealkylation sites (N-methyl/N-ethyl adjacent to an activating group) is 1. The molecule has 0 aromatic rings. The highest BCUT2D eigenvalue weighted by molar-refractivity contribution is 5.69. The second kappa shape index (κ2) is 48.8. The van der Waals surface area contributed by atoms with E-state index >= 15 is 0 Å². The lowest BCUT2D eigenvalue weighted by atomic mass is 9.94. The fraction of sp³-hybridized carbons (Fsp3) is 0.966. The third-order valence-corrected chi connectivity index (χ3v) is 14.8. The van der Waals surface area contributed by atoms with Gasteiger partial charge in [0.1, 0.15) is 0 Å². The van der Waals surface area contributed by atoms with Gasteiger partial charge in [0.2, 0.25) is 0 Å². The van der Waals surface area contributed by atoms with Gasteiger partial charge in [-0.2, -0.15) is 0 Å². The van der Waals surface area contributed by atoms with E-state index in [0.717, 1.165) is 45.3 Å². The van der Waals surface area contributed by atoms with E-state index in [2.05, 4.69) is 49.4 Å². The summed E-state index contributed by atoms with van der Waals surface area (Å²) < 4.78 is 12.0. The zero-order valence-electron chi connectivity index (χ0n) is 45.5. The van der Waals surface area contributed by atoms with Gasteiger partial charge in [-0.15, -0.1) is 0 Å². The lowest BCUT2D eigenvalue weighted by molar-refractivity contribution is -0.146. The first-order valence-corrected chi connectivity index (χ1v) is 29.9. The first-order valence-electron chi connectivity index (χ1n) is 29.9. The number of rotatable bonds is 51. The van der Waals surface area contributed by atoms with Crippen LogP contribution >= 0.6 is 0 Å². The minimum Gasteiger partial charge on any atom is -0.465 e. The Morgan fingerprint density at radius 3 is 1.03 bits per heavy atom. The van der Waals surface area contributed by atoms with Gasteiger partial charge in [0.05, 0.1) is 13.2 Å². The molecule has 392 valence electrons. The van der Waals surface area contributed by atoms with Crippen LogP contribution in [0.1, 0.15) is 285 Å². The average Bonchev–Trinajstić information content (AvgIpc) is 3.32. The Morgan fingerprint density at radius 2 is 0.697 bits per heavy atom. The van der Waals surface area contributed by atoms with Crippen LogP contribution in [-0.4, -0.2) is 99.3 Å². The fourth-order valence-electron chi connectivity index (χ4n) is 10.0. The van der Waals surface area contributed by atoms with Gasteiger partial charge >= 0.3 is 11.9 Å². The quantitative estimate of drug-likeness (QED) is 0.0445. The molecule has 7 heteroatoms. The fourth-order valence-corrected chi connectivity index (χ4v) is 10.0. The van der Waals surface area contributed by atoms with Gasteiger partial charge in [-0.05, 0) is 109 Å². The zero-order valence-corrected chi connectivity index (χ0v) is 45.5. The second-order valence-corrected chi connectivity index (χ2v) is 21.3. The van der Waals surface area contributed by atoms with Gasteiger partial charge < -0.3 is 24.2 Å². The Labute approximate surface area is 413 Å². The SMILES string of the molecule is CCCCCCCCCCC(CCCCCCCC)COC(=O)CCCCN(CCCCC(=O)OCC(CCCCCCCC)CCCCCCCCCC)CCCCN1CCN(C)CC1. The van der Waals surface area contributed by atoms with Crippen LogP contribution < -0.4 is 0 Å². The highest BCUT2D eigenvalue weighted by Crippen LogP contribution is 2.22. The van der Waals surface area contributed by atoms with Crippen molar-refractivity contribution < 1.29 is 19.1 Å². The summed E-state index contributed by atoms with van der Waals surface area (Å²) >= 11 is 0. The molecule has 0 radical (unpaired) electrons. The van der Waals surface area contributed by atoms with E-state index in [1.807, 2.05) is 0 Å². The normalized spacial score (nSPS) is 14.6. The third kappa shape index (κ3) is 41.8. The average molecular weight is 933 g/mol. The number of piperazine rings is 1. The van der Waals surface area contributed by atoms with Crippen LogP contribution in [0.4, 0.5) is 0 Å². The lowest BCUT2D eigenvalue weighted by Gasteiger charge is -2.32. The molecule has 1 heterocycles. The van der Waals surface area contributed by atoms with Gasteiger partial charge in [0.25, 0.3) is 0 Å². The lowest BCUT2D eigenvalue weighted by Crippen LogP contribution is -2.44. The molecule has 0 aliphatic carbocycles. The molecule has 0 N–H and O–H groups in total. The molecule has 1 aliphatic heterocycles. The molecule has 0 saturated carbocycles. The van der Waals surface area contributed by atoms with Crippen molar-refractivity contribution in [1.82, 2.24) is 14.7 Å². The second-order valence-electron chi connectivity index (χ2n) is 21.3. The Morgan fingerprint density at radius 1 is 0.394 bits per heavy atom. The van der Waals surface area contributed by atoms with Crippen molar-refractivity contribution in [1.29, 1.82) is 0 Å². The molecule has 7 nitrogen and oxygen atoms in total. The molecule has 2 atom stereocenters. The Hall–Kier alpha value is -1.18. The van der Waals surface area contributed by atoms with E-state index in [-0.39, 0.29) is 11.9 Å². The van der Waals surface area contributed by atoms with Crippen molar-refractivity contribution in [3.63, 3.8) is 0 Å². The molecular weight excluding hydrogens is 815 g/mol. The molecule has 0 spiro atoms. The number of carbonyl (C=O) groups is 2. The van der Waals surface area contributed by atoms with E-state index in [9.17, 15) is 9.59 Å². The first-order chi connectivity index (χ1) is 32.4. The maximum atomic E-state index is 13.0. The van der Waals surface area contributed by atoms with E-state index in [0.29, 0.717) is 37.9 Å². The predicted octanol–water partition coefficient (Wildman–Crippen LogP) is 16.5. The minimum absolute atomic E-state index is 0.00289. The number of nitrogens with zero attached hydrogens (tertiary/aromatic N) is 3. The summed E-state index contributed by atoms with van der Waals surface area (Å²) in [6.45, 7) is 19.4. The predicted molar refractivity (Wildman–Crippen MR) is 287 cm³/mol. The maximum Gasteiger partial charge on any atom is 0.305 e. The number of unbranched alkanes of at least 4 members (excludes halogenated alkanes) is 27. The van der Waals surface area contributed by atoms with E-state index < -0.39 is 0 Å². The molecule has 1 aliphatic rings. The molecule has 2 unspecified atom stereocenters. The highest BCUT2D eigenvalue weighted by atomic mass is 16.5. The van der Waals surface area contributed by atoms with Gasteiger partial charge in [0.15, 0.2) is 0 Å². The molecular formula is C59H117N3O4. The third-order valence-electron chi connectivity index (χ3n) is 14.8. The molecule has 66 heavy (non-hydrogen) atoms. The summed E-state index contributed by atoms with van der Waals surface area (Å²) in [5.74, 6) is 1.04. The van der Waals surface area contributed by atoms with Crippen molar-refractivity contribution >= 4 is 11.9 Å². The van der Waals surface area contributed by atoms with Crippen LogP contribution in [0.3, 0.4) is 0 Å². The zero-order chi connectivity index (χ0) is 47.8. The molecule has 1 saturated heterocycles. The Kier molecular flexibility index (Phi) is 46.5. The monoisotopic (exact) mass is 932 g/mol. The van der Waals surface area contributed by atoms with Crippen molar-refractivity contribution in [3.8, 4) is 0 Å². The van der Waals surface area contributed by atoms with Crippen LogP contribution in [0, 0.1) is 11.8 Å². The van der Waals surface area contributed by atoms with Gasteiger partial charge in [-0.1, -0.05) is 207 Å². The Bertz CT molecular complexity index is 955. The summed E-state index contributed by atoms with van der Waals surface area (Å²) in [4.78, 5) is 33.7. The minimum atomic E-state index is 0.00289. The van der Waals surface area contributed by atoms with Crippen LogP contribution in [-0.2, 0) is 19.1 Å².